The summed E-state index contributed by atoms with van der Waals surface area (Å²) in [5, 5.41) is 15.6. The molecule has 284 valence electrons. The molecule has 10 nitrogen and oxygen atoms in total. The van der Waals surface area contributed by atoms with Gasteiger partial charge in [-0.15, -0.1) is 0 Å². The Balaban J connectivity index is 0.000000677. The van der Waals surface area contributed by atoms with Gasteiger partial charge in [-0.25, -0.2) is 18.8 Å². The lowest BCUT2D eigenvalue weighted by Crippen LogP contribution is -2.57. The number of piperidine rings is 1. The summed E-state index contributed by atoms with van der Waals surface area (Å²) in [6.45, 7) is 5.43. The van der Waals surface area contributed by atoms with Gasteiger partial charge in [0.15, 0.2) is 0 Å². The summed E-state index contributed by atoms with van der Waals surface area (Å²) in [5.41, 5.74) is -1.84. The maximum absolute atomic E-state index is 14.1. The minimum Gasteiger partial charge on any atom is -0.478 e. The molecule has 4 unspecified atom stereocenters. The zero-order valence-corrected chi connectivity index (χ0v) is 28.5. The van der Waals surface area contributed by atoms with Gasteiger partial charge in [-0.1, -0.05) is 6.07 Å². The Morgan fingerprint density at radius 2 is 1.48 bits per heavy atom. The van der Waals surface area contributed by atoms with Crippen molar-refractivity contribution in [3.8, 4) is 0 Å². The molecule has 0 saturated carbocycles. The second-order valence-electron chi connectivity index (χ2n) is 13.1. The van der Waals surface area contributed by atoms with Gasteiger partial charge >= 0.3 is 30.3 Å². The molecular weight excluding hydrogens is 705 g/mol. The first-order valence-corrected chi connectivity index (χ1v) is 16.4. The summed E-state index contributed by atoms with van der Waals surface area (Å²) >= 11 is 0. The number of hydrogen-bond donors (Lipinski definition) is 2. The molecule has 3 aliphatic rings. The van der Waals surface area contributed by atoms with Crippen LogP contribution in [0.5, 0.6) is 0 Å². The lowest BCUT2D eigenvalue weighted by molar-refractivity contribution is -0.143. The van der Waals surface area contributed by atoms with Crippen LogP contribution in [0.3, 0.4) is 0 Å². The van der Waals surface area contributed by atoms with Crippen molar-refractivity contribution in [1.82, 2.24) is 19.6 Å². The molecule has 2 N–H and O–H groups in total. The Morgan fingerprint density at radius 1 is 0.885 bits per heavy atom. The van der Waals surface area contributed by atoms with E-state index in [1.807, 2.05) is 4.90 Å². The van der Waals surface area contributed by atoms with Crippen LogP contribution >= 0.6 is 0 Å². The van der Waals surface area contributed by atoms with E-state index in [1.54, 1.807) is 17.9 Å². The maximum Gasteiger partial charge on any atom is 0.416 e. The lowest BCUT2D eigenvalue weighted by atomic mass is 9.88. The van der Waals surface area contributed by atoms with E-state index in [1.165, 1.54) is 26.1 Å². The van der Waals surface area contributed by atoms with Crippen LogP contribution in [-0.4, -0.2) is 99.0 Å². The molecule has 52 heavy (non-hydrogen) atoms. The van der Waals surface area contributed by atoms with Gasteiger partial charge in [0.25, 0.3) is 0 Å². The van der Waals surface area contributed by atoms with Gasteiger partial charge in [-0.2, -0.15) is 26.3 Å². The minimum absolute atomic E-state index is 0.0619. The van der Waals surface area contributed by atoms with E-state index in [-0.39, 0.29) is 36.2 Å². The van der Waals surface area contributed by atoms with Crippen molar-refractivity contribution in [2.75, 3.05) is 33.2 Å². The van der Waals surface area contributed by atoms with E-state index in [4.69, 9.17) is 10.2 Å². The fourth-order valence-corrected chi connectivity index (χ4v) is 6.99. The van der Waals surface area contributed by atoms with E-state index in [0.29, 0.717) is 68.7 Å². The molecule has 4 atom stereocenters. The second kappa shape index (κ2) is 15.9. The molecule has 3 aliphatic heterocycles. The molecule has 0 bridgehead atoms. The van der Waals surface area contributed by atoms with Gasteiger partial charge in [0.1, 0.15) is 5.82 Å². The molecular formula is C35H39F7N4O6. The molecule has 0 spiro atoms. The molecule has 3 amide bonds. The monoisotopic (exact) mass is 744 g/mol. The van der Waals surface area contributed by atoms with E-state index in [9.17, 15) is 49.9 Å². The SMILES string of the molecule is Cc1cc(F)ccc1C1CC(N2CCN3C(=O)CCC3C2)CCN1C(=O)N(C)C(C)c1cc(C(F)(F)F)cc(C(F)(F)F)c1.O=C(O)C=CC(=O)O. The summed E-state index contributed by atoms with van der Waals surface area (Å²) < 4.78 is 95.2. The number of hydrogen-bond acceptors (Lipinski definition) is 5. The van der Waals surface area contributed by atoms with Crippen molar-refractivity contribution in [2.24, 2.45) is 0 Å². The molecule has 3 heterocycles. The van der Waals surface area contributed by atoms with Gasteiger partial charge in [0.05, 0.1) is 23.2 Å². The molecule has 0 radical (unpaired) electrons. The summed E-state index contributed by atoms with van der Waals surface area (Å²) in [6, 6.07) is 3.68. The molecule has 0 aromatic heterocycles. The number of halogens is 7. The third-order valence-electron chi connectivity index (χ3n) is 9.80. The van der Waals surface area contributed by atoms with Crippen molar-refractivity contribution in [1.29, 1.82) is 0 Å². The van der Waals surface area contributed by atoms with Crippen molar-refractivity contribution in [3.63, 3.8) is 0 Å². The maximum atomic E-state index is 14.1. The standard InChI is InChI=1S/C31H35F7N4O2.C4H4O4/c1-18-12-23(32)4-6-26(18)27-16-24(40-10-11-41-25(17-40)5-7-28(41)43)8-9-42(27)29(44)39(3)19(2)20-13-21(30(33,34)35)15-22(14-20)31(36,37)38;5-3(6)1-2-4(7)8/h4,6,12-15,19,24-25,27H,5,7-11,16-17H2,1-3H3;1-2H,(H,5,6)(H,7,8). The normalized spacial score (nSPS) is 21.7. The number of likely N-dealkylation sites (tertiary alicyclic amines) is 1. The number of carboxylic acids is 2. The van der Waals surface area contributed by atoms with E-state index < -0.39 is 59.4 Å². The Kier molecular flexibility index (Phi) is 12.3. The van der Waals surface area contributed by atoms with Crippen LogP contribution in [-0.2, 0) is 26.7 Å². The van der Waals surface area contributed by atoms with E-state index >= 15 is 0 Å². The average molecular weight is 745 g/mol. The average Bonchev–Trinajstić information content (AvgIpc) is 3.45. The third-order valence-corrected chi connectivity index (χ3v) is 9.80. The first kappa shape index (κ1) is 40.1. The zero-order valence-electron chi connectivity index (χ0n) is 28.5. The molecule has 3 saturated heterocycles. The van der Waals surface area contributed by atoms with Crippen LogP contribution in [0.2, 0.25) is 0 Å². The Hall–Kier alpha value is -4.67. The molecule has 2 aromatic rings. The number of alkyl halides is 6. The highest BCUT2D eigenvalue weighted by Gasteiger charge is 2.43. The summed E-state index contributed by atoms with van der Waals surface area (Å²) in [5.74, 6) is -2.79. The highest BCUT2D eigenvalue weighted by atomic mass is 19.4. The zero-order chi connectivity index (χ0) is 38.7. The minimum atomic E-state index is -5.01. The smallest absolute Gasteiger partial charge is 0.416 e. The number of carbonyl (C=O) groups excluding carboxylic acids is 2. The van der Waals surface area contributed by atoms with Crippen LogP contribution in [0.25, 0.3) is 0 Å². The molecule has 3 fully saturated rings. The molecule has 17 heteroatoms. The fourth-order valence-electron chi connectivity index (χ4n) is 6.99. The third kappa shape index (κ3) is 9.60. The molecule has 5 rings (SSSR count). The first-order chi connectivity index (χ1) is 24.2. The molecule has 2 aromatic carbocycles. The van der Waals surface area contributed by atoms with Crippen LogP contribution in [0.1, 0.15) is 72.5 Å². The largest absolute Gasteiger partial charge is 0.478 e. The highest BCUT2D eigenvalue weighted by Crippen LogP contribution is 2.40. The predicted molar refractivity (Wildman–Crippen MR) is 172 cm³/mol. The second-order valence-corrected chi connectivity index (χ2v) is 13.1. The number of rotatable bonds is 6. The van der Waals surface area contributed by atoms with Crippen LogP contribution in [0.15, 0.2) is 48.6 Å². The number of carboxylic acid groups (broad SMARTS) is 2. The van der Waals surface area contributed by atoms with Crippen molar-refractivity contribution < 1.29 is 60.1 Å². The topological polar surface area (TPSA) is 122 Å². The van der Waals surface area contributed by atoms with E-state index in [2.05, 4.69) is 4.90 Å². The van der Waals surface area contributed by atoms with Gasteiger partial charge in [-0.05, 0) is 80.1 Å². The number of carbonyl (C=O) groups is 4. The van der Waals surface area contributed by atoms with Gasteiger partial charge in [-0.3, -0.25) is 9.69 Å². The summed E-state index contributed by atoms with van der Waals surface area (Å²) in [4.78, 5) is 52.3. The van der Waals surface area contributed by atoms with Crippen LogP contribution in [0, 0.1) is 12.7 Å². The number of aryl methyl sites for hydroxylation is 1. The number of benzene rings is 2. The molecule has 0 aliphatic carbocycles. The van der Waals surface area contributed by atoms with Crippen LogP contribution in [0.4, 0.5) is 35.5 Å². The van der Waals surface area contributed by atoms with Crippen molar-refractivity contribution in [2.45, 2.75) is 76.1 Å². The van der Waals surface area contributed by atoms with Crippen molar-refractivity contribution >= 4 is 23.9 Å². The predicted octanol–water partition coefficient (Wildman–Crippen LogP) is 6.51. The number of aliphatic carboxylic acids is 2. The first-order valence-electron chi connectivity index (χ1n) is 16.4. The number of urea groups is 1. The number of nitrogens with zero attached hydrogens (tertiary/aromatic N) is 4. The fraction of sp³-hybridized carbons (Fsp3) is 0.486. The Bertz CT molecular complexity index is 1650. The van der Waals surface area contributed by atoms with Gasteiger partial charge in [0.2, 0.25) is 5.91 Å². The quantitative estimate of drug-likeness (QED) is 0.256. The van der Waals surface area contributed by atoms with Gasteiger partial charge in [0, 0.05) is 63.9 Å². The van der Waals surface area contributed by atoms with Crippen molar-refractivity contribution in [3.05, 3.63) is 82.2 Å². The van der Waals surface area contributed by atoms with Crippen LogP contribution < -0.4 is 0 Å². The number of piperazine rings is 1. The Labute approximate surface area is 295 Å². The summed E-state index contributed by atoms with van der Waals surface area (Å²) in [6.07, 6.45) is -6.49. The Morgan fingerprint density at radius 3 is 2.02 bits per heavy atom. The lowest BCUT2D eigenvalue weighted by Gasteiger charge is -2.48. The number of amides is 3. The van der Waals surface area contributed by atoms with Gasteiger partial charge < -0.3 is 24.9 Å². The highest BCUT2D eigenvalue weighted by molar-refractivity contribution is 5.89. The van der Waals surface area contributed by atoms with E-state index in [0.717, 1.165) is 16.9 Å². The summed E-state index contributed by atoms with van der Waals surface area (Å²) in [7, 11) is 1.36. The number of fused-ring (bicyclic) bond motifs is 1.